The van der Waals surface area contributed by atoms with Crippen LogP contribution in [0.5, 0.6) is 0 Å². The van der Waals surface area contributed by atoms with Crippen molar-refractivity contribution in [2.75, 3.05) is 5.32 Å². The molecule has 0 aliphatic rings. The lowest BCUT2D eigenvalue weighted by Gasteiger charge is -2.09. The number of rotatable bonds is 5. The van der Waals surface area contributed by atoms with E-state index in [2.05, 4.69) is 10.3 Å². The first-order valence-corrected chi connectivity index (χ1v) is 7.95. The molecule has 0 aliphatic heterocycles. The van der Waals surface area contributed by atoms with Gasteiger partial charge in [-0.15, -0.1) is 0 Å². The number of nitro benzene ring substituents is 2. The van der Waals surface area contributed by atoms with Gasteiger partial charge in [0.25, 0.3) is 16.9 Å². The van der Waals surface area contributed by atoms with Crippen molar-refractivity contribution in [2.45, 2.75) is 13.5 Å². The molecule has 1 amide bonds. The summed E-state index contributed by atoms with van der Waals surface area (Å²) < 4.78 is 0.974. The summed E-state index contributed by atoms with van der Waals surface area (Å²) in [5, 5.41) is 24.4. The second kappa shape index (κ2) is 7.23. The van der Waals surface area contributed by atoms with Crippen molar-refractivity contribution in [2.24, 2.45) is 0 Å². The molecule has 1 N–H and O–H groups in total. The molecule has 2 aromatic carbocycles. The van der Waals surface area contributed by atoms with Gasteiger partial charge in [0.2, 0.25) is 5.91 Å². The minimum atomic E-state index is -0.680. The molecule has 0 fully saturated rings. The van der Waals surface area contributed by atoms with Crippen LogP contribution in [0.25, 0.3) is 10.9 Å². The van der Waals surface area contributed by atoms with E-state index >= 15 is 0 Å². The highest BCUT2D eigenvalue weighted by Crippen LogP contribution is 2.25. The van der Waals surface area contributed by atoms with E-state index in [1.807, 2.05) is 0 Å². The normalized spacial score (nSPS) is 10.6. The SMILES string of the molecule is Cc1ccc(NC(=O)Cn2cnc3ccc([N+](=O)[O-])cc3c2=O)c([N+](=O)[O-])c1. The molecular formula is C17H13N5O6. The van der Waals surface area contributed by atoms with Crippen LogP contribution in [0, 0.1) is 27.2 Å². The van der Waals surface area contributed by atoms with Gasteiger partial charge in [-0.2, -0.15) is 0 Å². The molecule has 0 saturated carbocycles. The summed E-state index contributed by atoms with van der Waals surface area (Å²) in [5.41, 5.74) is -0.278. The van der Waals surface area contributed by atoms with Gasteiger partial charge in [0, 0.05) is 18.2 Å². The number of aromatic nitrogens is 2. The molecule has 0 unspecified atom stereocenters. The van der Waals surface area contributed by atoms with E-state index in [1.54, 1.807) is 13.0 Å². The third-order valence-electron chi connectivity index (χ3n) is 3.96. The minimum absolute atomic E-state index is 0.00182. The Morgan fingerprint density at radius 1 is 1.14 bits per heavy atom. The number of aryl methyl sites for hydroxylation is 1. The maximum Gasteiger partial charge on any atom is 0.293 e. The molecule has 142 valence electrons. The van der Waals surface area contributed by atoms with Gasteiger partial charge < -0.3 is 5.32 Å². The first-order valence-electron chi connectivity index (χ1n) is 7.95. The van der Waals surface area contributed by atoms with Crippen LogP contribution >= 0.6 is 0 Å². The number of amides is 1. The van der Waals surface area contributed by atoms with E-state index in [0.29, 0.717) is 5.56 Å². The molecule has 11 nitrogen and oxygen atoms in total. The molecular weight excluding hydrogens is 370 g/mol. The summed E-state index contributed by atoms with van der Waals surface area (Å²) in [6, 6.07) is 7.97. The van der Waals surface area contributed by atoms with Crippen molar-refractivity contribution in [1.82, 2.24) is 9.55 Å². The van der Waals surface area contributed by atoms with Gasteiger partial charge >= 0.3 is 0 Å². The zero-order chi connectivity index (χ0) is 20.4. The van der Waals surface area contributed by atoms with E-state index in [9.17, 15) is 29.8 Å². The van der Waals surface area contributed by atoms with Crippen molar-refractivity contribution < 1.29 is 14.6 Å². The van der Waals surface area contributed by atoms with Crippen molar-refractivity contribution in [1.29, 1.82) is 0 Å². The monoisotopic (exact) mass is 383 g/mol. The molecule has 1 aromatic heterocycles. The summed E-state index contributed by atoms with van der Waals surface area (Å²) >= 11 is 0. The van der Waals surface area contributed by atoms with Crippen LogP contribution in [-0.2, 0) is 11.3 Å². The predicted octanol–water partition coefficient (Wildman–Crippen LogP) is 2.16. The Hall–Kier alpha value is -4.15. The number of anilines is 1. The Balaban J connectivity index is 1.90. The fraction of sp³-hybridized carbons (Fsp3) is 0.118. The Bertz CT molecular complexity index is 1190. The van der Waals surface area contributed by atoms with Crippen LogP contribution in [0.4, 0.5) is 17.1 Å². The van der Waals surface area contributed by atoms with Crippen LogP contribution in [0.2, 0.25) is 0 Å². The number of nitro groups is 2. The molecule has 3 rings (SSSR count). The Morgan fingerprint density at radius 2 is 1.89 bits per heavy atom. The van der Waals surface area contributed by atoms with E-state index < -0.39 is 27.9 Å². The van der Waals surface area contributed by atoms with Gasteiger partial charge in [0.15, 0.2) is 0 Å². The molecule has 3 aromatic rings. The van der Waals surface area contributed by atoms with Crippen molar-refractivity contribution in [3.8, 4) is 0 Å². The third-order valence-corrected chi connectivity index (χ3v) is 3.96. The van der Waals surface area contributed by atoms with Gasteiger partial charge in [-0.05, 0) is 24.6 Å². The molecule has 0 spiro atoms. The van der Waals surface area contributed by atoms with Crippen LogP contribution < -0.4 is 10.9 Å². The van der Waals surface area contributed by atoms with Gasteiger partial charge in [-0.25, -0.2) is 4.98 Å². The lowest BCUT2D eigenvalue weighted by molar-refractivity contribution is -0.384. The zero-order valence-corrected chi connectivity index (χ0v) is 14.5. The van der Waals surface area contributed by atoms with Crippen LogP contribution in [0.15, 0.2) is 47.5 Å². The van der Waals surface area contributed by atoms with Crippen LogP contribution in [0.3, 0.4) is 0 Å². The van der Waals surface area contributed by atoms with E-state index in [1.165, 1.54) is 24.3 Å². The number of nitrogens with zero attached hydrogens (tertiary/aromatic N) is 4. The standard InChI is InChI=1S/C17H13N5O6/c1-10-2-4-14(15(6-10)22(27)28)19-16(23)8-20-9-18-13-5-3-11(21(25)26)7-12(13)17(20)24/h2-7,9H,8H2,1H3,(H,19,23). The minimum Gasteiger partial charge on any atom is -0.319 e. The second-order valence-electron chi connectivity index (χ2n) is 5.96. The first kappa shape index (κ1) is 18.6. The summed E-state index contributed by atoms with van der Waals surface area (Å²) in [6.45, 7) is 1.22. The smallest absolute Gasteiger partial charge is 0.293 e. The lowest BCUT2D eigenvalue weighted by Crippen LogP contribution is -2.28. The van der Waals surface area contributed by atoms with Crippen LogP contribution in [-0.4, -0.2) is 25.3 Å². The molecule has 0 saturated heterocycles. The van der Waals surface area contributed by atoms with E-state index in [4.69, 9.17) is 0 Å². The Kier molecular flexibility index (Phi) is 4.81. The van der Waals surface area contributed by atoms with E-state index in [0.717, 1.165) is 17.0 Å². The fourth-order valence-corrected chi connectivity index (χ4v) is 2.62. The van der Waals surface area contributed by atoms with Crippen molar-refractivity contribution in [3.05, 3.63) is 78.9 Å². The summed E-state index contributed by atoms with van der Waals surface area (Å²) in [6.07, 6.45) is 1.14. The summed E-state index contributed by atoms with van der Waals surface area (Å²) in [5.74, 6) is -0.680. The highest BCUT2D eigenvalue weighted by atomic mass is 16.6. The molecule has 0 atom stereocenters. The maximum absolute atomic E-state index is 12.5. The van der Waals surface area contributed by atoms with E-state index in [-0.39, 0.29) is 28.0 Å². The zero-order valence-electron chi connectivity index (χ0n) is 14.5. The number of nitrogens with one attached hydrogen (secondary N) is 1. The number of non-ortho nitro benzene ring substituents is 1. The quantitative estimate of drug-likeness (QED) is 0.524. The van der Waals surface area contributed by atoms with Crippen molar-refractivity contribution >= 4 is 33.9 Å². The maximum atomic E-state index is 12.5. The average Bonchev–Trinajstić information content (AvgIpc) is 2.65. The van der Waals surface area contributed by atoms with Crippen molar-refractivity contribution in [3.63, 3.8) is 0 Å². The largest absolute Gasteiger partial charge is 0.319 e. The first-order chi connectivity index (χ1) is 13.3. The highest BCUT2D eigenvalue weighted by Gasteiger charge is 2.17. The number of hydrogen-bond acceptors (Lipinski definition) is 7. The Morgan fingerprint density at radius 3 is 2.57 bits per heavy atom. The number of fused-ring (bicyclic) bond motifs is 1. The number of benzene rings is 2. The second-order valence-corrected chi connectivity index (χ2v) is 5.96. The van der Waals surface area contributed by atoms with Gasteiger partial charge in [0.05, 0.1) is 27.1 Å². The molecule has 0 aliphatic carbocycles. The molecule has 0 bridgehead atoms. The number of carbonyl (C=O) groups excluding carboxylic acids is 1. The highest BCUT2D eigenvalue weighted by molar-refractivity contribution is 5.93. The lowest BCUT2D eigenvalue weighted by atomic mass is 10.2. The molecule has 1 heterocycles. The fourth-order valence-electron chi connectivity index (χ4n) is 2.62. The predicted molar refractivity (Wildman–Crippen MR) is 99.1 cm³/mol. The van der Waals surface area contributed by atoms with Gasteiger partial charge in [0.1, 0.15) is 12.2 Å². The topological polar surface area (TPSA) is 150 Å². The van der Waals surface area contributed by atoms with Gasteiger partial charge in [-0.3, -0.25) is 34.4 Å². The Labute approximate surface area is 156 Å². The van der Waals surface area contributed by atoms with Gasteiger partial charge in [-0.1, -0.05) is 6.07 Å². The molecule has 28 heavy (non-hydrogen) atoms. The summed E-state index contributed by atoms with van der Waals surface area (Å²) in [7, 11) is 0. The summed E-state index contributed by atoms with van der Waals surface area (Å²) in [4.78, 5) is 49.6. The molecule has 0 radical (unpaired) electrons. The number of carbonyl (C=O) groups is 1. The third kappa shape index (κ3) is 3.67. The number of hydrogen-bond donors (Lipinski definition) is 1. The van der Waals surface area contributed by atoms with Crippen LogP contribution in [0.1, 0.15) is 5.56 Å². The molecule has 11 heteroatoms. The average molecular weight is 383 g/mol.